The first-order valence-corrected chi connectivity index (χ1v) is 6.63. The van der Waals surface area contributed by atoms with Crippen molar-refractivity contribution in [3.05, 3.63) is 0 Å². The Hall–Kier alpha value is -0.280. The van der Waals surface area contributed by atoms with Crippen molar-refractivity contribution in [2.75, 3.05) is 13.1 Å². The van der Waals surface area contributed by atoms with E-state index in [0.717, 1.165) is 25.9 Å². The second-order valence-electron chi connectivity index (χ2n) is 5.82. The fourth-order valence-corrected chi connectivity index (χ4v) is 2.91. The fraction of sp³-hybridized carbons (Fsp3) is 0.923. The third-order valence-electron chi connectivity index (χ3n) is 4.40. The third-order valence-corrected chi connectivity index (χ3v) is 4.40. The lowest BCUT2D eigenvalue weighted by molar-refractivity contribution is -0.131. The number of carbonyl (C=O) groups excluding carboxylic acids is 1. The first-order valence-electron chi connectivity index (χ1n) is 6.63. The Kier molecular flexibility index (Phi) is 5.26. The minimum atomic E-state index is -0.0861. The molecule has 1 saturated heterocycles. The molecule has 1 aliphatic heterocycles. The quantitative estimate of drug-likeness (QED) is 0.799. The van der Waals surface area contributed by atoms with Gasteiger partial charge in [0.15, 0.2) is 0 Å². The molecule has 2 unspecified atom stereocenters. The minimum Gasteiger partial charge on any atom is -0.351 e. The molecule has 0 aromatic heterocycles. The van der Waals surface area contributed by atoms with E-state index in [1.807, 2.05) is 0 Å². The van der Waals surface area contributed by atoms with Gasteiger partial charge in [0.2, 0.25) is 5.91 Å². The van der Waals surface area contributed by atoms with Crippen LogP contribution >= 0.6 is 12.4 Å². The van der Waals surface area contributed by atoms with Crippen molar-refractivity contribution in [2.24, 2.45) is 11.3 Å². The Morgan fingerprint density at radius 1 is 1.35 bits per heavy atom. The van der Waals surface area contributed by atoms with Gasteiger partial charge >= 0.3 is 0 Å². The van der Waals surface area contributed by atoms with Crippen LogP contribution in [0.3, 0.4) is 0 Å². The van der Waals surface area contributed by atoms with Crippen molar-refractivity contribution >= 4 is 18.3 Å². The largest absolute Gasteiger partial charge is 0.351 e. The van der Waals surface area contributed by atoms with Crippen LogP contribution in [0, 0.1) is 11.3 Å². The molecule has 0 aromatic rings. The van der Waals surface area contributed by atoms with Gasteiger partial charge in [-0.3, -0.25) is 4.79 Å². The van der Waals surface area contributed by atoms with Crippen LogP contribution in [-0.2, 0) is 4.79 Å². The molecule has 2 atom stereocenters. The maximum atomic E-state index is 12.2. The second kappa shape index (κ2) is 6.05. The van der Waals surface area contributed by atoms with E-state index in [-0.39, 0.29) is 23.7 Å². The van der Waals surface area contributed by atoms with E-state index in [1.165, 1.54) is 19.3 Å². The van der Waals surface area contributed by atoms with Crippen LogP contribution in [0.5, 0.6) is 0 Å². The Morgan fingerprint density at radius 3 is 2.59 bits per heavy atom. The number of hydrogen-bond donors (Lipinski definition) is 2. The van der Waals surface area contributed by atoms with Crippen LogP contribution in [-0.4, -0.2) is 25.0 Å². The van der Waals surface area contributed by atoms with Crippen LogP contribution in [0.4, 0.5) is 0 Å². The standard InChI is InChI=1S/C13H24N2O.ClH/c1-10-5-8-14-9-11(10)15-12(16)13(2)6-3-4-7-13;/h10-11,14H,3-9H2,1-2H3,(H,15,16);1H. The molecule has 1 aliphatic carbocycles. The van der Waals surface area contributed by atoms with Crippen LogP contribution in [0.2, 0.25) is 0 Å². The van der Waals surface area contributed by atoms with Crippen LogP contribution in [0.15, 0.2) is 0 Å². The van der Waals surface area contributed by atoms with Gasteiger partial charge in [0.05, 0.1) is 0 Å². The van der Waals surface area contributed by atoms with Crippen molar-refractivity contribution in [1.82, 2.24) is 10.6 Å². The van der Waals surface area contributed by atoms with E-state index in [2.05, 4.69) is 24.5 Å². The van der Waals surface area contributed by atoms with Crippen molar-refractivity contribution < 1.29 is 4.79 Å². The molecule has 100 valence electrons. The summed E-state index contributed by atoms with van der Waals surface area (Å²) in [7, 11) is 0. The minimum absolute atomic E-state index is 0. The summed E-state index contributed by atoms with van der Waals surface area (Å²) in [5.41, 5.74) is -0.0861. The van der Waals surface area contributed by atoms with Crippen LogP contribution in [0.1, 0.15) is 46.0 Å². The third kappa shape index (κ3) is 3.35. The van der Waals surface area contributed by atoms with Gasteiger partial charge < -0.3 is 10.6 Å². The van der Waals surface area contributed by atoms with E-state index in [4.69, 9.17) is 0 Å². The van der Waals surface area contributed by atoms with E-state index in [0.29, 0.717) is 12.0 Å². The number of amides is 1. The molecule has 0 aromatic carbocycles. The topological polar surface area (TPSA) is 41.1 Å². The zero-order valence-electron chi connectivity index (χ0n) is 10.9. The molecular weight excluding hydrogens is 236 g/mol. The molecule has 1 amide bonds. The highest BCUT2D eigenvalue weighted by Gasteiger charge is 2.37. The van der Waals surface area contributed by atoms with E-state index in [1.54, 1.807) is 0 Å². The summed E-state index contributed by atoms with van der Waals surface area (Å²) in [4.78, 5) is 12.2. The average Bonchev–Trinajstić information content (AvgIpc) is 2.70. The number of rotatable bonds is 2. The summed E-state index contributed by atoms with van der Waals surface area (Å²) in [6.07, 6.45) is 5.72. The summed E-state index contributed by atoms with van der Waals surface area (Å²) in [6, 6.07) is 0.332. The smallest absolute Gasteiger partial charge is 0.226 e. The molecule has 0 spiro atoms. The Balaban J connectivity index is 0.00000144. The molecular formula is C13H25ClN2O. The predicted octanol–water partition coefficient (Wildman–Crippen LogP) is 2.10. The fourth-order valence-electron chi connectivity index (χ4n) is 2.91. The monoisotopic (exact) mass is 260 g/mol. The predicted molar refractivity (Wildman–Crippen MR) is 72.4 cm³/mol. The highest BCUT2D eigenvalue weighted by atomic mass is 35.5. The SMILES string of the molecule is CC1CCNCC1NC(=O)C1(C)CCCC1.Cl. The lowest BCUT2D eigenvalue weighted by atomic mass is 9.86. The van der Waals surface area contributed by atoms with E-state index < -0.39 is 0 Å². The van der Waals surface area contributed by atoms with Gasteiger partial charge in [-0.2, -0.15) is 0 Å². The first-order chi connectivity index (χ1) is 7.62. The normalized spacial score (nSPS) is 31.6. The first kappa shape index (κ1) is 14.8. The van der Waals surface area contributed by atoms with E-state index in [9.17, 15) is 4.79 Å². The molecule has 1 saturated carbocycles. The molecule has 2 aliphatic rings. The molecule has 1 heterocycles. The molecule has 4 heteroatoms. The van der Waals surface area contributed by atoms with Crippen molar-refractivity contribution in [2.45, 2.75) is 52.0 Å². The van der Waals surface area contributed by atoms with Crippen LogP contribution < -0.4 is 10.6 Å². The number of piperidine rings is 1. The zero-order chi connectivity index (χ0) is 11.6. The summed E-state index contributed by atoms with van der Waals surface area (Å²) in [6.45, 7) is 6.38. The van der Waals surface area contributed by atoms with Gasteiger partial charge in [-0.05, 0) is 31.7 Å². The van der Waals surface area contributed by atoms with Crippen LogP contribution in [0.25, 0.3) is 0 Å². The number of carbonyl (C=O) groups is 1. The maximum absolute atomic E-state index is 12.2. The van der Waals surface area contributed by atoms with E-state index >= 15 is 0 Å². The zero-order valence-corrected chi connectivity index (χ0v) is 11.7. The Bertz CT molecular complexity index is 264. The van der Waals surface area contributed by atoms with Gasteiger partial charge in [-0.25, -0.2) is 0 Å². The average molecular weight is 261 g/mol. The van der Waals surface area contributed by atoms with Gasteiger partial charge in [0.1, 0.15) is 0 Å². The van der Waals surface area contributed by atoms with Crippen molar-refractivity contribution in [1.29, 1.82) is 0 Å². The summed E-state index contributed by atoms with van der Waals surface area (Å²) >= 11 is 0. The summed E-state index contributed by atoms with van der Waals surface area (Å²) in [5.74, 6) is 0.890. The second-order valence-corrected chi connectivity index (χ2v) is 5.82. The summed E-state index contributed by atoms with van der Waals surface area (Å²) in [5, 5.41) is 6.61. The highest BCUT2D eigenvalue weighted by molar-refractivity contribution is 5.85. The maximum Gasteiger partial charge on any atom is 0.226 e. The molecule has 3 nitrogen and oxygen atoms in total. The Morgan fingerprint density at radius 2 is 2.00 bits per heavy atom. The Labute approximate surface area is 111 Å². The van der Waals surface area contributed by atoms with Gasteiger partial charge in [0.25, 0.3) is 0 Å². The molecule has 2 N–H and O–H groups in total. The number of hydrogen-bond acceptors (Lipinski definition) is 2. The molecule has 17 heavy (non-hydrogen) atoms. The highest BCUT2D eigenvalue weighted by Crippen LogP contribution is 2.37. The molecule has 2 rings (SSSR count). The van der Waals surface area contributed by atoms with Gasteiger partial charge in [0, 0.05) is 18.0 Å². The van der Waals surface area contributed by atoms with Crippen molar-refractivity contribution in [3.63, 3.8) is 0 Å². The molecule has 0 bridgehead atoms. The van der Waals surface area contributed by atoms with Crippen molar-refractivity contribution in [3.8, 4) is 0 Å². The lowest BCUT2D eigenvalue weighted by Gasteiger charge is -2.33. The number of halogens is 1. The van der Waals surface area contributed by atoms with Gasteiger partial charge in [-0.1, -0.05) is 26.7 Å². The summed E-state index contributed by atoms with van der Waals surface area (Å²) < 4.78 is 0. The van der Waals surface area contributed by atoms with Gasteiger partial charge in [-0.15, -0.1) is 12.4 Å². The lowest BCUT2D eigenvalue weighted by Crippen LogP contribution is -2.53. The number of nitrogens with one attached hydrogen (secondary N) is 2. The molecule has 0 radical (unpaired) electrons. The molecule has 2 fully saturated rings.